The van der Waals surface area contributed by atoms with E-state index in [0.29, 0.717) is 18.6 Å². The van der Waals surface area contributed by atoms with Gasteiger partial charge in [-0.05, 0) is 12.2 Å². The summed E-state index contributed by atoms with van der Waals surface area (Å²) in [6.45, 7) is 4.52. The summed E-state index contributed by atoms with van der Waals surface area (Å²) in [5.74, 6) is 2.39. The van der Waals surface area contributed by atoms with Crippen LogP contribution in [0.3, 0.4) is 0 Å². The molecular weight excluding hydrogens is 184 g/mol. The van der Waals surface area contributed by atoms with Crippen molar-refractivity contribution in [3.63, 3.8) is 0 Å². The minimum Gasteiger partial charge on any atom is -0.351 e. The van der Waals surface area contributed by atoms with Crippen molar-refractivity contribution in [3.05, 3.63) is 0 Å². The van der Waals surface area contributed by atoms with E-state index in [0.717, 1.165) is 12.2 Å². The Bertz CT molecular complexity index is 167. The van der Waals surface area contributed by atoms with Gasteiger partial charge in [0.15, 0.2) is 0 Å². The van der Waals surface area contributed by atoms with Crippen LogP contribution in [0.5, 0.6) is 0 Å². The lowest BCUT2D eigenvalue weighted by Gasteiger charge is -2.12. The van der Waals surface area contributed by atoms with Gasteiger partial charge in [0.25, 0.3) is 0 Å². The quantitative estimate of drug-likeness (QED) is 0.701. The van der Waals surface area contributed by atoms with E-state index in [9.17, 15) is 4.79 Å². The molecule has 1 amide bonds. The van der Waals surface area contributed by atoms with E-state index >= 15 is 0 Å². The van der Waals surface area contributed by atoms with Crippen LogP contribution in [0.25, 0.3) is 0 Å². The van der Waals surface area contributed by atoms with Crippen LogP contribution in [0, 0.1) is 0 Å². The maximum Gasteiger partial charge on any atom is 0.234 e. The molecule has 3 nitrogen and oxygen atoms in total. The van der Waals surface area contributed by atoms with E-state index in [-0.39, 0.29) is 5.91 Å². The monoisotopic (exact) mass is 202 g/mol. The number of carbonyl (C=O) groups is 1. The molecule has 1 fully saturated rings. The summed E-state index contributed by atoms with van der Waals surface area (Å²) in [5.41, 5.74) is 0. The Morgan fingerprint density at radius 1 is 1.62 bits per heavy atom. The molecule has 1 unspecified atom stereocenters. The van der Waals surface area contributed by atoms with Gasteiger partial charge in [-0.15, -0.1) is 0 Å². The van der Waals surface area contributed by atoms with E-state index in [2.05, 4.69) is 10.6 Å². The first-order chi connectivity index (χ1) is 6.18. The second kappa shape index (κ2) is 5.50. The maximum absolute atomic E-state index is 11.3. The van der Waals surface area contributed by atoms with Crippen LogP contribution < -0.4 is 10.6 Å². The van der Waals surface area contributed by atoms with Gasteiger partial charge >= 0.3 is 0 Å². The molecule has 0 spiro atoms. The summed E-state index contributed by atoms with van der Waals surface area (Å²) in [5, 5.41) is 6.11. The van der Waals surface area contributed by atoms with Gasteiger partial charge in [-0.3, -0.25) is 4.79 Å². The summed E-state index contributed by atoms with van der Waals surface area (Å²) in [4.78, 5) is 11.3. The number of hydrogen-bond donors (Lipinski definition) is 2. The lowest BCUT2D eigenvalue weighted by Crippen LogP contribution is -2.42. The van der Waals surface area contributed by atoms with Crippen LogP contribution in [-0.2, 0) is 4.79 Å². The molecule has 1 atom stereocenters. The number of thioether (sulfide) groups is 1. The summed E-state index contributed by atoms with van der Waals surface area (Å²) >= 11 is 1.91. The second-order valence-electron chi connectivity index (χ2n) is 3.66. The second-order valence-corrected chi connectivity index (χ2v) is 4.81. The molecule has 2 N–H and O–H groups in total. The van der Waals surface area contributed by atoms with Gasteiger partial charge in [-0.2, -0.15) is 11.8 Å². The highest BCUT2D eigenvalue weighted by atomic mass is 32.2. The molecule has 0 aromatic heterocycles. The molecule has 13 heavy (non-hydrogen) atoms. The fraction of sp³-hybridized carbons (Fsp3) is 0.889. The van der Waals surface area contributed by atoms with E-state index in [1.54, 1.807) is 0 Å². The van der Waals surface area contributed by atoms with Crippen molar-refractivity contribution in [3.8, 4) is 0 Å². The number of carbonyl (C=O) groups excluding carboxylic acids is 1. The minimum atomic E-state index is 0.126. The lowest BCUT2D eigenvalue weighted by atomic mass is 10.2. The topological polar surface area (TPSA) is 41.1 Å². The molecule has 1 heterocycles. The van der Waals surface area contributed by atoms with Crippen LogP contribution in [-0.4, -0.2) is 36.0 Å². The van der Waals surface area contributed by atoms with Crippen molar-refractivity contribution in [2.24, 2.45) is 0 Å². The van der Waals surface area contributed by atoms with Crippen LogP contribution in [0.15, 0.2) is 0 Å². The van der Waals surface area contributed by atoms with Crippen molar-refractivity contribution in [2.45, 2.75) is 32.4 Å². The van der Waals surface area contributed by atoms with Crippen molar-refractivity contribution >= 4 is 17.7 Å². The Morgan fingerprint density at radius 3 is 2.92 bits per heavy atom. The predicted octanol–water partition coefficient (Wildman–Crippen LogP) is 0.606. The highest BCUT2D eigenvalue weighted by Gasteiger charge is 2.16. The molecule has 1 aliphatic rings. The summed E-state index contributed by atoms with van der Waals surface area (Å²) < 4.78 is 0. The Balaban J connectivity index is 2.09. The summed E-state index contributed by atoms with van der Waals surface area (Å²) in [6.07, 6.45) is 1.12. The maximum atomic E-state index is 11.3. The fourth-order valence-corrected chi connectivity index (χ4v) is 2.38. The fourth-order valence-electron chi connectivity index (χ4n) is 1.22. The van der Waals surface area contributed by atoms with E-state index in [1.165, 1.54) is 5.75 Å². The molecular formula is C9H18N2OS. The molecule has 0 radical (unpaired) electrons. The Labute approximate surface area is 84.0 Å². The molecule has 0 aromatic carbocycles. The third-order valence-electron chi connectivity index (χ3n) is 1.97. The first kappa shape index (κ1) is 10.9. The van der Waals surface area contributed by atoms with Crippen molar-refractivity contribution in [1.29, 1.82) is 0 Å². The predicted molar refractivity (Wildman–Crippen MR) is 57.0 cm³/mol. The largest absolute Gasteiger partial charge is 0.351 e. The standard InChI is InChI=1S/C9H18N2OS/c1-7(2)10-5-9(12)11-8-3-4-13-6-8/h7-8,10H,3-6H2,1-2H3,(H,11,12). The average molecular weight is 202 g/mol. The van der Waals surface area contributed by atoms with Crippen molar-refractivity contribution < 1.29 is 4.79 Å². The zero-order valence-corrected chi connectivity index (χ0v) is 9.12. The summed E-state index contributed by atoms with van der Waals surface area (Å²) in [6, 6.07) is 0.787. The van der Waals surface area contributed by atoms with Crippen molar-refractivity contribution in [2.75, 3.05) is 18.1 Å². The zero-order valence-electron chi connectivity index (χ0n) is 8.30. The van der Waals surface area contributed by atoms with Crippen LogP contribution in [0.2, 0.25) is 0 Å². The smallest absolute Gasteiger partial charge is 0.234 e. The third-order valence-corrected chi connectivity index (χ3v) is 3.13. The number of hydrogen-bond acceptors (Lipinski definition) is 3. The highest BCUT2D eigenvalue weighted by Crippen LogP contribution is 2.16. The number of rotatable bonds is 4. The molecule has 76 valence electrons. The van der Waals surface area contributed by atoms with Gasteiger partial charge in [0.1, 0.15) is 0 Å². The van der Waals surface area contributed by atoms with Gasteiger partial charge in [0.05, 0.1) is 6.54 Å². The van der Waals surface area contributed by atoms with E-state index < -0.39 is 0 Å². The molecule has 0 aliphatic carbocycles. The molecule has 0 aromatic rings. The number of amides is 1. The molecule has 1 saturated heterocycles. The molecule has 1 rings (SSSR count). The first-order valence-electron chi connectivity index (χ1n) is 4.79. The first-order valence-corrected chi connectivity index (χ1v) is 5.94. The van der Waals surface area contributed by atoms with E-state index in [4.69, 9.17) is 0 Å². The van der Waals surface area contributed by atoms with Gasteiger partial charge in [-0.1, -0.05) is 13.8 Å². The Kier molecular flexibility index (Phi) is 4.59. The Hall–Kier alpha value is -0.220. The van der Waals surface area contributed by atoms with Crippen LogP contribution >= 0.6 is 11.8 Å². The minimum absolute atomic E-state index is 0.126. The molecule has 1 aliphatic heterocycles. The highest BCUT2D eigenvalue weighted by molar-refractivity contribution is 7.99. The van der Waals surface area contributed by atoms with Crippen LogP contribution in [0.1, 0.15) is 20.3 Å². The molecule has 0 bridgehead atoms. The Morgan fingerprint density at radius 2 is 2.38 bits per heavy atom. The molecule has 4 heteroatoms. The SMILES string of the molecule is CC(C)NCC(=O)NC1CCSC1. The molecule has 0 saturated carbocycles. The third kappa shape index (κ3) is 4.52. The zero-order chi connectivity index (χ0) is 9.68. The van der Waals surface area contributed by atoms with Gasteiger partial charge in [0.2, 0.25) is 5.91 Å². The summed E-state index contributed by atoms with van der Waals surface area (Å²) in [7, 11) is 0. The van der Waals surface area contributed by atoms with Gasteiger partial charge < -0.3 is 10.6 Å². The number of nitrogens with one attached hydrogen (secondary N) is 2. The van der Waals surface area contributed by atoms with Crippen molar-refractivity contribution in [1.82, 2.24) is 10.6 Å². The van der Waals surface area contributed by atoms with Gasteiger partial charge in [0, 0.05) is 17.8 Å². The average Bonchev–Trinajstić information content (AvgIpc) is 2.53. The van der Waals surface area contributed by atoms with E-state index in [1.807, 2.05) is 25.6 Å². The normalized spacial score (nSPS) is 22.2. The van der Waals surface area contributed by atoms with Gasteiger partial charge in [-0.25, -0.2) is 0 Å². The lowest BCUT2D eigenvalue weighted by molar-refractivity contribution is -0.120. The van der Waals surface area contributed by atoms with Crippen LogP contribution in [0.4, 0.5) is 0 Å².